The third kappa shape index (κ3) is 4.21. The van der Waals surface area contributed by atoms with Crippen LogP contribution in [0.15, 0.2) is 0 Å². The molecular formula is C12H25ClN2O. The lowest BCUT2D eigenvalue weighted by atomic mass is 9.92. The van der Waals surface area contributed by atoms with Crippen molar-refractivity contribution in [2.24, 2.45) is 5.92 Å². The van der Waals surface area contributed by atoms with E-state index < -0.39 is 0 Å². The van der Waals surface area contributed by atoms with Gasteiger partial charge in [-0.3, -0.25) is 5.32 Å². The predicted octanol–water partition coefficient (Wildman–Crippen LogP) is 1.87. The minimum Gasteiger partial charge on any atom is -0.363 e. The van der Waals surface area contributed by atoms with E-state index in [2.05, 4.69) is 17.1 Å². The molecule has 4 heteroatoms. The predicted molar refractivity (Wildman–Crippen MR) is 69.1 cm³/mol. The smallest absolute Gasteiger partial charge is 0.108 e. The van der Waals surface area contributed by atoms with Gasteiger partial charge in [-0.25, -0.2) is 0 Å². The van der Waals surface area contributed by atoms with Crippen LogP contribution in [0.1, 0.15) is 32.6 Å². The molecule has 2 fully saturated rings. The zero-order valence-corrected chi connectivity index (χ0v) is 11.1. The lowest BCUT2D eigenvalue weighted by Gasteiger charge is -2.34. The molecule has 2 rings (SSSR count). The maximum atomic E-state index is 5.71. The van der Waals surface area contributed by atoms with E-state index in [4.69, 9.17) is 4.74 Å². The lowest BCUT2D eigenvalue weighted by Crippen LogP contribution is -2.41. The second-order valence-corrected chi connectivity index (χ2v) is 4.78. The van der Waals surface area contributed by atoms with Crippen LogP contribution in [0.2, 0.25) is 0 Å². The molecule has 2 aliphatic heterocycles. The van der Waals surface area contributed by atoms with Crippen molar-refractivity contribution < 1.29 is 4.74 Å². The van der Waals surface area contributed by atoms with Crippen LogP contribution in [0.25, 0.3) is 0 Å². The van der Waals surface area contributed by atoms with E-state index in [9.17, 15) is 0 Å². The van der Waals surface area contributed by atoms with E-state index in [1.54, 1.807) is 0 Å². The molecule has 16 heavy (non-hydrogen) atoms. The number of hydrogen-bond acceptors (Lipinski definition) is 3. The number of likely N-dealkylation sites (tertiary alicyclic amines) is 1. The minimum absolute atomic E-state index is 0. The van der Waals surface area contributed by atoms with Crippen LogP contribution in [0, 0.1) is 5.92 Å². The Labute approximate surface area is 105 Å². The maximum Gasteiger partial charge on any atom is 0.108 e. The molecule has 0 spiro atoms. The van der Waals surface area contributed by atoms with Crippen molar-refractivity contribution in [1.82, 2.24) is 10.2 Å². The quantitative estimate of drug-likeness (QED) is 0.825. The van der Waals surface area contributed by atoms with Gasteiger partial charge in [0.05, 0.1) is 0 Å². The summed E-state index contributed by atoms with van der Waals surface area (Å²) in [6.45, 7) is 8.13. The molecule has 1 unspecified atom stereocenters. The molecule has 3 nitrogen and oxygen atoms in total. The molecule has 0 saturated carbocycles. The molecule has 0 bridgehead atoms. The average molecular weight is 249 g/mol. The average Bonchev–Trinajstić information content (AvgIpc) is 2.31. The first-order valence-corrected chi connectivity index (χ1v) is 6.46. The summed E-state index contributed by atoms with van der Waals surface area (Å²) in [6.07, 6.45) is 5.45. The first kappa shape index (κ1) is 14.2. The van der Waals surface area contributed by atoms with E-state index >= 15 is 0 Å². The Hall–Kier alpha value is 0.170. The number of piperidine rings is 1. The van der Waals surface area contributed by atoms with E-state index in [0.717, 1.165) is 19.1 Å². The van der Waals surface area contributed by atoms with Gasteiger partial charge in [-0.05, 0) is 57.8 Å². The summed E-state index contributed by atoms with van der Waals surface area (Å²) in [5.41, 5.74) is 0. The molecule has 1 N–H and O–H groups in total. The normalized spacial score (nSPS) is 28.7. The van der Waals surface area contributed by atoms with E-state index in [1.165, 1.54) is 45.3 Å². The van der Waals surface area contributed by atoms with Crippen molar-refractivity contribution in [1.29, 1.82) is 0 Å². The SMILES string of the molecule is CCN1CCC(CC2NCCCO2)CC1.Cl. The molecule has 0 aliphatic carbocycles. The Morgan fingerprint density at radius 1 is 1.31 bits per heavy atom. The summed E-state index contributed by atoms with van der Waals surface area (Å²) in [4.78, 5) is 2.55. The highest BCUT2D eigenvalue weighted by Crippen LogP contribution is 2.22. The van der Waals surface area contributed by atoms with Gasteiger partial charge in [-0.2, -0.15) is 0 Å². The van der Waals surface area contributed by atoms with Gasteiger partial charge in [-0.1, -0.05) is 6.92 Å². The van der Waals surface area contributed by atoms with Crippen molar-refractivity contribution in [2.45, 2.75) is 38.8 Å². The van der Waals surface area contributed by atoms with Crippen molar-refractivity contribution in [3.05, 3.63) is 0 Å². The monoisotopic (exact) mass is 248 g/mol. The first-order valence-electron chi connectivity index (χ1n) is 6.46. The standard InChI is InChI=1S/C12H24N2O.ClH/c1-2-14-7-4-11(5-8-14)10-12-13-6-3-9-15-12;/h11-13H,2-10H2,1H3;1H. The Kier molecular flexibility index (Phi) is 6.66. The Bertz CT molecular complexity index is 178. The highest BCUT2D eigenvalue weighted by molar-refractivity contribution is 5.85. The van der Waals surface area contributed by atoms with Crippen molar-refractivity contribution >= 4 is 12.4 Å². The molecule has 0 aromatic carbocycles. The highest BCUT2D eigenvalue weighted by Gasteiger charge is 2.22. The van der Waals surface area contributed by atoms with Crippen LogP contribution in [0.5, 0.6) is 0 Å². The summed E-state index contributed by atoms with van der Waals surface area (Å²) >= 11 is 0. The maximum absolute atomic E-state index is 5.71. The number of ether oxygens (including phenoxy) is 1. The topological polar surface area (TPSA) is 24.5 Å². The number of rotatable bonds is 3. The van der Waals surface area contributed by atoms with Gasteiger partial charge < -0.3 is 9.64 Å². The molecule has 2 heterocycles. The second kappa shape index (κ2) is 7.49. The number of nitrogens with zero attached hydrogens (tertiary/aromatic N) is 1. The fourth-order valence-electron chi connectivity index (χ4n) is 2.61. The third-order valence-electron chi connectivity index (χ3n) is 3.71. The number of halogens is 1. The van der Waals surface area contributed by atoms with Gasteiger partial charge in [0.15, 0.2) is 0 Å². The number of hydrogen-bond donors (Lipinski definition) is 1. The van der Waals surface area contributed by atoms with Crippen LogP contribution in [-0.2, 0) is 4.74 Å². The van der Waals surface area contributed by atoms with Crippen molar-refractivity contribution in [3.63, 3.8) is 0 Å². The van der Waals surface area contributed by atoms with Gasteiger partial charge in [0, 0.05) is 6.61 Å². The zero-order chi connectivity index (χ0) is 10.5. The van der Waals surface area contributed by atoms with Crippen LogP contribution in [-0.4, -0.2) is 43.9 Å². The number of nitrogens with one attached hydrogen (secondary N) is 1. The van der Waals surface area contributed by atoms with Crippen LogP contribution >= 0.6 is 12.4 Å². The fourth-order valence-corrected chi connectivity index (χ4v) is 2.61. The third-order valence-corrected chi connectivity index (χ3v) is 3.71. The van der Waals surface area contributed by atoms with Crippen molar-refractivity contribution in [2.75, 3.05) is 32.8 Å². The summed E-state index contributed by atoms with van der Waals surface area (Å²) < 4.78 is 5.71. The summed E-state index contributed by atoms with van der Waals surface area (Å²) in [5, 5.41) is 3.46. The molecule has 2 aliphatic rings. The van der Waals surface area contributed by atoms with Gasteiger partial charge in [-0.15, -0.1) is 12.4 Å². The molecule has 1 atom stereocenters. The second-order valence-electron chi connectivity index (χ2n) is 4.78. The Morgan fingerprint density at radius 3 is 2.62 bits per heavy atom. The molecule has 0 aromatic heterocycles. The zero-order valence-electron chi connectivity index (χ0n) is 10.3. The van der Waals surface area contributed by atoms with Gasteiger partial charge in [0.25, 0.3) is 0 Å². The van der Waals surface area contributed by atoms with E-state index in [1.807, 2.05) is 0 Å². The lowest BCUT2D eigenvalue weighted by molar-refractivity contribution is -0.0187. The largest absolute Gasteiger partial charge is 0.363 e. The molecule has 0 aromatic rings. The first-order chi connectivity index (χ1) is 7.38. The molecule has 2 saturated heterocycles. The molecule has 0 amide bonds. The van der Waals surface area contributed by atoms with Gasteiger partial charge in [0.2, 0.25) is 0 Å². The van der Waals surface area contributed by atoms with E-state index in [0.29, 0.717) is 6.23 Å². The van der Waals surface area contributed by atoms with E-state index in [-0.39, 0.29) is 12.4 Å². The summed E-state index contributed by atoms with van der Waals surface area (Å²) in [5.74, 6) is 0.878. The summed E-state index contributed by atoms with van der Waals surface area (Å²) in [6, 6.07) is 0. The summed E-state index contributed by atoms with van der Waals surface area (Å²) in [7, 11) is 0. The fraction of sp³-hybridized carbons (Fsp3) is 1.00. The van der Waals surface area contributed by atoms with Gasteiger partial charge in [0.1, 0.15) is 6.23 Å². The molecule has 96 valence electrons. The van der Waals surface area contributed by atoms with Crippen LogP contribution in [0.3, 0.4) is 0 Å². The molecular weight excluding hydrogens is 224 g/mol. The molecule has 0 radical (unpaired) electrons. The van der Waals surface area contributed by atoms with Crippen LogP contribution < -0.4 is 5.32 Å². The highest BCUT2D eigenvalue weighted by atomic mass is 35.5. The Balaban J connectivity index is 0.00000128. The van der Waals surface area contributed by atoms with Gasteiger partial charge >= 0.3 is 0 Å². The van der Waals surface area contributed by atoms with Crippen molar-refractivity contribution in [3.8, 4) is 0 Å². The Morgan fingerprint density at radius 2 is 2.06 bits per heavy atom. The van der Waals surface area contributed by atoms with Crippen LogP contribution in [0.4, 0.5) is 0 Å². The minimum atomic E-state index is 0.